The Kier molecular flexibility index (Phi) is 6.06. The van der Waals surface area contributed by atoms with Crippen molar-refractivity contribution in [3.63, 3.8) is 0 Å². The van der Waals surface area contributed by atoms with Crippen molar-refractivity contribution in [1.82, 2.24) is 14.8 Å². The highest BCUT2D eigenvalue weighted by molar-refractivity contribution is 7.15. The molecular weight excluding hydrogens is 466 g/mol. The summed E-state index contributed by atoms with van der Waals surface area (Å²) in [6.45, 7) is 6.06. The van der Waals surface area contributed by atoms with Gasteiger partial charge in [0.2, 0.25) is 5.91 Å². The van der Waals surface area contributed by atoms with E-state index in [2.05, 4.69) is 28.5 Å². The molecule has 0 radical (unpaired) electrons. The molecular formula is C26H24ClN5OS. The first-order chi connectivity index (χ1) is 16.4. The SMILES string of the molecule is CCc1cc2c(s1)-n1c(C)nnc1C(CC(=O)Nc1cccc(C)c1)N=C2c1ccccc1Cl. The molecule has 2 aromatic carbocycles. The van der Waals surface area contributed by atoms with Crippen molar-refractivity contribution in [2.45, 2.75) is 39.7 Å². The molecule has 0 saturated heterocycles. The first-order valence-electron chi connectivity index (χ1n) is 11.2. The number of anilines is 1. The van der Waals surface area contributed by atoms with Gasteiger partial charge in [0.1, 0.15) is 16.9 Å². The Morgan fingerprint density at radius 3 is 2.68 bits per heavy atom. The molecule has 3 heterocycles. The summed E-state index contributed by atoms with van der Waals surface area (Å²) in [5, 5.41) is 13.4. The average Bonchev–Trinajstić information content (AvgIpc) is 3.37. The van der Waals surface area contributed by atoms with Crippen LogP contribution in [0, 0.1) is 13.8 Å². The topological polar surface area (TPSA) is 72.2 Å². The van der Waals surface area contributed by atoms with Gasteiger partial charge in [0.15, 0.2) is 5.82 Å². The van der Waals surface area contributed by atoms with Crippen LogP contribution in [0.1, 0.15) is 52.6 Å². The van der Waals surface area contributed by atoms with E-state index in [4.69, 9.17) is 16.6 Å². The number of fused-ring (bicyclic) bond motifs is 3. The van der Waals surface area contributed by atoms with Gasteiger partial charge in [-0.25, -0.2) is 0 Å². The van der Waals surface area contributed by atoms with Gasteiger partial charge >= 0.3 is 0 Å². The second-order valence-corrected chi connectivity index (χ2v) is 9.84. The highest BCUT2D eigenvalue weighted by Gasteiger charge is 2.31. The van der Waals surface area contributed by atoms with Gasteiger partial charge in [-0.1, -0.05) is 48.9 Å². The van der Waals surface area contributed by atoms with E-state index >= 15 is 0 Å². The third-order valence-corrected chi connectivity index (χ3v) is 7.41. The summed E-state index contributed by atoms with van der Waals surface area (Å²) >= 11 is 8.32. The lowest BCUT2D eigenvalue weighted by molar-refractivity contribution is -0.116. The molecule has 0 bridgehead atoms. The highest BCUT2D eigenvalue weighted by atomic mass is 35.5. The maximum Gasteiger partial charge on any atom is 0.227 e. The van der Waals surface area contributed by atoms with Crippen LogP contribution in [0.5, 0.6) is 0 Å². The number of halogens is 1. The lowest BCUT2D eigenvalue weighted by Gasteiger charge is -2.13. The summed E-state index contributed by atoms with van der Waals surface area (Å²) in [5.41, 5.74) is 4.44. The second-order valence-electron chi connectivity index (χ2n) is 8.32. The van der Waals surface area contributed by atoms with Gasteiger partial charge in [-0.2, -0.15) is 0 Å². The summed E-state index contributed by atoms with van der Waals surface area (Å²) in [7, 11) is 0. The van der Waals surface area contributed by atoms with E-state index in [0.717, 1.165) is 45.3 Å². The molecule has 1 aliphatic heterocycles. The second kappa shape index (κ2) is 9.16. The number of thiophene rings is 1. The van der Waals surface area contributed by atoms with Crippen LogP contribution in [0.15, 0.2) is 59.6 Å². The monoisotopic (exact) mass is 489 g/mol. The first-order valence-corrected chi connectivity index (χ1v) is 12.4. The number of amides is 1. The van der Waals surface area contributed by atoms with Crippen molar-refractivity contribution in [3.05, 3.63) is 92.8 Å². The van der Waals surface area contributed by atoms with E-state index in [1.807, 2.05) is 66.9 Å². The predicted molar refractivity (Wildman–Crippen MR) is 138 cm³/mol. The fourth-order valence-electron chi connectivity index (χ4n) is 4.19. The highest BCUT2D eigenvalue weighted by Crippen LogP contribution is 2.38. The van der Waals surface area contributed by atoms with E-state index in [-0.39, 0.29) is 12.3 Å². The minimum atomic E-state index is -0.512. The van der Waals surface area contributed by atoms with Gasteiger partial charge in [-0.3, -0.25) is 14.4 Å². The number of aliphatic imine (C=N–C) groups is 1. The largest absolute Gasteiger partial charge is 0.326 e. The fourth-order valence-corrected chi connectivity index (χ4v) is 5.56. The van der Waals surface area contributed by atoms with Gasteiger partial charge in [0.05, 0.1) is 12.1 Å². The normalized spacial score (nSPS) is 14.7. The Labute approximate surface area is 207 Å². The third-order valence-electron chi connectivity index (χ3n) is 5.81. The molecule has 1 atom stereocenters. The van der Waals surface area contributed by atoms with E-state index in [9.17, 15) is 4.79 Å². The number of nitrogens with one attached hydrogen (secondary N) is 1. The number of rotatable bonds is 5. The van der Waals surface area contributed by atoms with Gasteiger partial charge < -0.3 is 5.32 Å². The zero-order chi connectivity index (χ0) is 23.8. The lowest BCUT2D eigenvalue weighted by Crippen LogP contribution is -2.17. The summed E-state index contributed by atoms with van der Waals surface area (Å²) in [5.74, 6) is 1.29. The molecule has 0 aliphatic carbocycles. The van der Waals surface area contributed by atoms with Crippen LogP contribution in [0.2, 0.25) is 5.02 Å². The molecule has 0 spiro atoms. The van der Waals surface area contributed by atoms with Crippen molar-refractivity contribution < 1.29 is 4.79 Å². The quantitative estimate of drug-likeness (QED) is 0.369. The van der Waals surface area contributed by atoms with Crippen LogP contribution < -0.4 is 5.32 Å². The predicted octanol–water partition coefficient (Wildman–Crippen LogP) is 6.08. The number of carbonyl (C=O) groups excluding carboxylic acids is 1. The molecule has 4 aromatic rings. The Bertz CT molecular complexity index is 1420. The van der Waals surface area contributed by atoms with Crippen molar-refractivity contribution in [2.24, 2.45) is 4.99 Å². The summed E-state index contributed by atoms with van der Waals surface area (Å²) < 4.78 is 2.04. The van der Waals surface area contributed by atoms with Crippen molar-refractivity contribution in [3.8, 4) is 5.00 Å². The van der Waals surface area contributed by atoms with Crippen LogP contribution in [0.3, 0.4) is 0 Å². The number of aromatic nitrogens is 3. The molecule has 2 aromatic heterocycles. The van der Waals surface area contributed by atoms with E-state index < -0.39 is 6.04 Å². The van der Waals surface area contributed by atoms with Crippen molar-refractivity contribution >= 4 is 40.2 Å². The Hall–Kier alpha value is -3.29. The third kappa shape index (κ3) is 4.17. The zero-order valence-corrected chi connectivity index (χ0v) is 20.7. The first kappa shape index (κ1) is 22.5. The minimum absolute atomic E-state index is 0.135. The van der Waals surface area contributed by atoms with E-state index in [0.29, 0.717) is 10.8 Å². The average molecular weight is 490 g/mol. The number of nitrogens with zero attached hydrogens (tertiary/aromatic N) is 4. The number of hydrogen-bond donors (Lipinski definition) is 1. The molecule has 5 rings (SSSR count). The molecule has 8 heteroatoms. The standard InChI is InChI=1S/C26H24ClN5OS/c1-4-18-13-20-24(19-10-5-6-11-21(19)27)29-22(25-31-30-16(3)32(25)26(20)34-18)14-23(33)28-17-9-7-8-15(2)12-17/h5-13,22H,4,14H2,1-3H3,(H,28,33). The molecule has 1 amide bonds. The molecule has 0 saturated carbocycles. The minimum Gasteiger partial charge on any atom is -0.326 e. The Balaban J connectivity index is 1.61. The summed E-state index contributed by atoms with van der Waals surface area (Å²) in [4.78, 5) is 19.4. The lowest BCUT2D eigenvalue weighted by atomic mass is 10.0. The Morgan fingerprint density at radius 2 is 1.91 bits per heavy atom. The molecule has 1 aliphatic rings. The smallest absolute Gasteiger partial charge is 0.227 e. The van der Waals surface area contributed by atoms with Crippen LogP contribution in [-0.4, -0.2) is 26.4 Å². The number of carbonyl (C=O) groups is 1. The van der Waals surface area contributed by atoms with Gasteiger partial charge in [-0.15, -0.1) is 21.5 Å². The molecule has 0 fully saturated rings. The molecule has 1 unspecified atom stereocenters. The van der Waals surface area contributed by atoms with Gasteiger partial charge in [-0.05, 0) is 50.1 Å². The van der Waals surface area contributed by atoms with Crippen LogP contribution >= 0.6 is 22.9 Å². The maximum atomic E-state index is 13.1. The molecule has 34 heavy (non-hydrogen) atoms. The van der Waals surface area contributed by atoms with Gasteiger partial charge in [0.25, 0.3) is 0 Å². The number of aryl methyl sites for hydroxylation is 3. The molecule has 1 N–H and O–H groups in total. The van der Waals surface area contributed by atoms with Crippen LogP contribution in [0.25, 0.3) is 5.00 Å². The summed E-state index contributed by atoms with van der Waals surface area (Å²) in [6.07, 6.45) is 1.04. The molecule has 6 nitrogen and oxygen atoms in total. The van der Waals surface area contributed by atoms with E-state index in [1.54, 1.807) is 11.3 Å². The zero-order valence-electron chi connectivity index (χ0n) is 19.2. The number of hydrogen-bond acceptors (Lipinski definition) is 5. The van der Waals surface area contributed by atoms with Crippen LogP contribution in [0.4, 0.5) is 5.69 Å². The van der Waals surface area contributed by atoms with Crippen molar-refractivity contribution in [1.29, 1.82) is 0 Å². The Morgan fingerprint density at radius 1 is 1.09 bits per heavy atom. The van der Waals surface area contributed by atoms with E-state index in [1.165, 1.54) is 4.88 Å². The van der Waals surface area contributed by atoms with Gasteiger partial charge in [0, 0.05) is 26.7 Å². The number of benzene rings is 2. The summed E-state index contributed by atoms with van der Waals surface area (Å²) in [6, 6.07) is 17.1. The fraction of sp³-hybridized carbons (Fsp3) is 0.231. The van der Waals surface area contributed by atoms with Crippen molar-refractivity contribution in [2.75, 3.05) is 5.32 Å². The maximum absolute atomic E-state index is 13.1. The van der Waals surface area contributed by atoms with Crippen LogP contribution in [-0.2, 0) is 11.2 Å². The molecule has 172 valence electrons.